The summed E-state index contributed by atoms with van der Waals surface area (Å²) in [5.74, 6) is 0.507. The van der Waals surface area contributed by atoms with E-state index in [1.165, 1.54) is 0 Å². The molecule has 0 spiro atoms. The highest BCUT2D eigenvalue weighted by Gasteiger charge is 2.05. The van der Waals surface area contributed by atoms with Crippen LogP contribution in [0.25, 0.3) is 10.6 Å². The van der Waals surface area contributed by atoms with Gasteiger partial charge in [-0.2, -0.15) is 5.26 Å². The molecule has 0 aliphatic heterocycles. The Kier molecular flexibility index (Phi) is 3.95. The minimum Gasteiger partial charge on any atom is -0.324 e. The Hall–Kier alpha value is -2.23. The summed E-state index contributed by atoms with van der Waals surface area (Å²) in [5.41, 5.74) is 2.25. The van der Waals surface area contributed by atoms with Gasteiger partial charge in [0, 0.05) is 11.9 Å². The zero-order valence-electron chi connectivity index (χ0n) is 10.7. The van der Waals surface area contributed by atoms with Gasteiger partial charge in [-0.15, -0.1) is 11.3 Å². The molecule has 0 aliphatic carbocycles. The van der Waals surface area contributed by atoms with E-state index in [0.717, 1.165) is 20.0 Å². The minimum absolute atomic E-state index is 0.507. The van der Waals surface area contributed by atoms with Gasteiger partial charge in [0.05, 0.1) is 26.0 Å². The maximum Gasteiger partial charge on any atom is 0.227 e. The lowest BCUT2D eigenvalue weighted by atomic mass is 10.2. The number of nitrogens with zero attached hydrogens (tertiary/aromatic N) is 3. The summed E-state index contributed by atoms with van der Waals surface area (Å²) in [4.78, 5) is 9.77. The van der Waals surface area contributed by atoms with E-state index in [0.29, 0.717) is 11.5 Å². The number of nitrogens with one attached hydrogen (secondary N) is 1. The van der Waals surface area contributed by atoms with Crippen LogP contribution in [0.2, 0.25) is 0 Å². The van der Waals surface area contributed by atoms with Crippen molar-refractivity contribution in [3.63, 3.8) is 0 Å². The van der Waals surface area contributed by atoms with Crippen molar-refractivity contribution in [1.82, 2.24) is 9.97 Å². The van der Waals surface area contributed by atoms with Crippen molar-refractivity contribution in [3.8, 4) is 16.6 Å². The van der Waals surface area contributed by atoms with E-state index in [2.05, 4.69) is 37.3 Å². The molecule has 0 unspecified atom stereocenters. The second-order valence-corrected chi connectivity index (χ2v) is 6.65. The summed E-state index contributed by atoms with van der Waals surface area (Å²) in [7, 11) is 0. The van der Waals surface area contributed by atoms with Crippen LogP contribution in [0.4, 0.5) is 11.6 Å². The number of anilines is 2. The third-order valence-electron chi connectivity index (χ3n) is 2.73. The third kappa shape index (κ3) is 3.27. The van der Waals surface area contributed by atoms with Crippen LogP contribution in [0.5, 0.6) is 0 Å². The summed E-state index contributed by atoms with van der Waals surface area (Å²) in [6, 6.07) is 15.2. The van der Waals surface area contributed by atoms with E-state index in [9.17, 15) is 0 Å². The average molecular weight is 357 g/mol. The molecule has 102 valence electrons. The van der Waals surface area contributed by atoms with Gasteiger partial charge in [-0.3, -0.25) is 0 Å². The summed E-state index contributed by atoms with van der Waals surface area (Å²) in [6.07, 6.45) is 1.71. The summed E-state index contributed by atoms with van der Waals surface area (Å²) in [5, 5.41) is 12.0. The zero-order chi connectivity index (χ0) is 14.7. The molecular weight excluding hydrogens is 348 g/mol. The molecular formula is C15H9BrN4S. The molecule has 0 saturated heterocycles. The highest BCUT2D eigenvalue weighted by atomic mass is 79.9. The molecule has 4 nitrogen and oxygen atoms in total. The van der Waals surface area contributed by atoms with Crippen LogP contribution in [0.15, 0.2) is 52.4 Å². The predicted molar refractivity (Wildman–Crippen MR) is 87.5 cm³/mol. The van der Waals surface area contributed by atoms with Crippen LogP contribution in [0.1, 0.15) is 5.56 Å². The average Bonchev–Trinajstić information content (AvgIpc) is 2.94. The standard InChI is InChI=1S/C15H9BrN4S/c16-14-5-4-13(21-14)12-6-7-18-15(20-12)19-11-3-1-2-10(8-11)9-17/h1-8H,(H,18,19,20). The lowest BCUT2D eigenvalue weighted by Crippen LogP contribution is -1.97. The SMILES string of the molecule is N#Cc1cccc(Nc2nccc(-c3ccc(Br)s3)n2)c1. The first kappa shape index (κ1) is 13.7. The smallest absolute Gasteiger partial charge is 0.227 e. The van der Waals surface area contributed by atoms with Gasteiger partial charge in [0.2, 0.25) is 5.95 Å². The van der Waals surface area contributed by atoms with Gasteiger partial charge in [-0.05, 0) is 52.3 Å². The Morgan fingerprint density at radius 2 is 2.10 bits per heavy atom. The quantitative estimate of drug-likeness (QED) is 0.745. The molecule has 3 rings (SSSR count). The van der Waals surface area contributed by atoms with Gasteiger partial charge in [-0.1, -0.05) is 6.07 Å². The fourth-order valence-corrected chi connectivity index (χ4v) is 3.16. The predicted octanol–water partition coefficient (Wildman–Crippen LogP) is 4.58. The van der Waals surface area contributed by atoms with Crippen molar-refractivity contribution < 1.29 is 0 Å². The van der Waals surface area contributed by atoms with Crippen LogP contribution in [-0.4, -0.2) is 9.97 Å². The van der Waals surface area contributed by atoms with Crippen LogP contribution in [0.3, 0.4) is 0 Å². The van der Waals surface area contributed by atoms with Gasteiger partial charge in [0.1, 0.15) is 0 Å². The molecule has 0 atom stereocenters. The molecule has 0 bridgehead atoms. The summed E-state index contributed by atoms with van der Waals surface area (Å²) in [6.45, 7) is 0. The number of thiophene rings is 1. The van der Waals surface area contributed by atoms with Crippen molar-refractivity contribution >= 4 is 38.9 Å². The fourth-order valence-electron chi connectivity index (χ4n) is 1.80. The van der Waals surface area contributed by atoms with Crippen LogP contribution in [0, 0.1) is 11.3 Å². The number of hydrogen-bond acceptors (Lipinski definition) is 5. The number of nitriles is 1. The van der Waals surface area contributed by atoms with E-state index in [4.69, 9.17) is 5.26 Å². The molecule has 2 aromatic heterocycles. The summed E-state index contributed by atoms with van der Waals surface area (Å²) >= 11 is 5.06. The molecule has 6 heteroatoms. The zero-order valence-corrected chi connectivity index (χ0v) is 13.1. The number of aromatic nitrogens is 2. The first-order chi connectivity index (χ1) is 10.2. The largest absolute Gasteiger partial charge is 0.324 e. The lowest BCUT2D eigenvalue weighted by molar-refractivity contribution is 1.17. The van der Waals surface area contributed by atoms with E-state index in [-0.39, 0.29) is 0 Å². The maximum atomic E-state index is 8.91. The first-order valence-corrected chi connectivity index (χ1v) is 7.71. The second kappa shape index (κ2) is 6.04. The van der Waals surface area contributed by atoms with E-state index in [1.54, 1.807) is 29.7 Å². The Labute approximate surface area is 134 Å². The van der Waals surface area contributed by atoms with Crippen molar-refractivity contribution in [3.05, 3.63) is 58.0 Å². The van der Waals surface area contributed by atoms with Gasteiger partial charge < -0.3 is 5.32 Å². The summed E-state index contributed by atoms with van der Waals surface area (Å²) < 4.78 is 1.06. The van der Waals surface area contributed by atoms with Crippen molar-refractivity contribution in [2.75, 3.05) is 5.32 Å². The monoisotopic (exact) mass is 356 g/mol. The van der Waals surface area contributed by atoms with Gasteiger partial charge >= 0.3 is 0 Å². The topological polar surface area (TPSA) is 61.6 Å². The number of halogens is 1. The second-order valence-electron chi connectivity index (χ2n) is 4.19. The minimum atomic E-state index is 0.507. The molecule has 0 radical (unpaired) electrons. The van der Waals surface area contributed by atoms with Gasteiger partial charge in [0.25, 0.3) is 0 Å². The third-order valence-corrected chi connectivity index (χ3v) is 4.38. The van der Waals surface area contributed by atoms with E-state index >= 15 is 0 Å². The fraction of sp³-hybridized carbons (Fsp3) is 0. The van der Waals surface area contributed by atoms with E-state index < -0.39 is 0 Å². The maximum absolute atomic E-state index is 8.91. The Balaban J connectivity index is 1.88. The van der Waals surface area contributed by atoms with Crippen molar-refractivity contribution in [2.45, 2.75) is 0 Å². The van der Waals surface area contributed by atoms with Gasteiger partial charge in [0.15, 0.2) is 0 Å². The molecule has 1 aromatic carbocycles. The molecule has 2 heterocycles. The van der Waals surface area contributed by atoms with Crippen LogP contribution >= 0.6 is 27.3 Å². The normalized spacial score (nSPS) is 10.1. The van der Waals surface area contributed by atoms with E-state index in [1.807, 2.05) is 30.3 Å². The lowest BCUT2D eigenvalue weighted by Gasteiger charge is -2.05. The molecule has 0 fully saturated rings. The molecule has 0 saturated carbocycles. The van der Waals surface area contributed by atoms with Crippen LogP contribution < -0.4 is 5.32 Å². The molecule has 3 aromatic rings. The van der Waals surface area contributed by atoms with Crippen molar-refractivity contribution in [1.29, 1.82) is 5.26 Å². The van der Waals surface area contributed by atoms with Crippen LogP contribution in [-0.2, 0) is 0 Å². The molecule has 1 N–H and O–H groups in total. The molecule has 0 aliphatic rings. The highest BCUT2D eigenvalue weighted by molar-refractivity contribution is 9.11. The first-order valence-electron chi connectivity index (χ1n) is 6.10. The van der Waals surface area contributed by atoms with Gasteiger partial charge in [-0.25, -0.2) is 9.97 Å². The Bertz CT molecular complexity index is 822. The Morgan fingerprint density at radius 1 is 1.19 bits per heavy atom. The highest BCUT2D eigenvalue weighted by Crippen LogP contribution is 2.30. The van der Waals surface area contributed by atoms with Crippen molar-refractivity contribution in [2.24, 2.45) is 0 Å². The molecule has 21 heavy (non-hydrogen) atoms. The number of hydrogen-bond donors (Lipinski definition) is 1. The number of rotatable bonds is 3. The Morgan fingerprint density at radius 3 is 2.86 bits per heavy atom. The number of benzene rings is 1. The molecule has 0 amide bonds.